The van der Waals surface area contributed by atoms with Crippen molar-refractivity contribution in [2.75, 3.05) is 13.1 Å². The molecule has 2 bridgehead atoms. The molecule has 1 N–H and O–H groups in total. The Hall–Kier alpha value is -1.92. The molecule has 1 aromatic carbocycles. The second kappa shape index (κ2) is 5.82. The highest BCUT2D eigenvalue weighted by Gasteiger charge is 2.73. The average Bonchev–Trinajstić information content (AvgIpc) is 3.45. The van der Waals surface area contributed by atoms with E-state index in [-0.39, 0.29) is 24.2 Å². The standard InChI is InChI=1S/C23H27NO5/c1-2-18(26)28-16-6-5-14-11-17-23(27)8-7-15(25)21-22(23,19(14)20(16)29-21)9-10-24(17)12-13-3-4-13/h5-6,13,17,21,27H,2-4,7-12H2,1H3/t17-,21?,22+,23-/m1/s1. The third-order valence-corrected chi connectivity index (χ3v) is 8.06. The normalized spacial score (nSPS) is 37.1. The van der Waals surface area contributed by atoms with Crippen molar-refractivity contribution in [2.45, 2.75) is 75.0 Å². The van der Waals surface area contributed by atoms with Crippen molar-refractivity contribution in [2.24, 2.45) is 5.92 Å². The number of esters is 1. The van der Waals surface area contributed by atoms with Crippen LogP contribution in [0.4, 0.5) is 0 Å². The zero-order valence-electron chi connectivity index (χ0n) is 16.8. The zero-order valence-corrected chi connectivity index (χ0v) is 16.8. The first kappa shape index (κ1) is 17.9. The molecule has 5 aliphatic rings. The third kappa shape index (κ3) is 2.19. The summed E-state index contributed by atoms with van der Waals surface area (Å²) in [5.74, 6) is 1.37. The number of carbonyl (C=O) groups excluding carboxylic acids is 2. The molecule has 6 rings (SSSR count). The Morgan fingerprint density at radius 1 is 1.34 bits per heavy atom. The lowest BCUT2D eigenvalue weighted by atomic mass is 9.49. The first-order valence-corrected chi connectivity index (χ1v) is 11.0. The number of nitrogens with zero attached hydrogens (tertiary/aromatic N) is 1. The fourth-order valence-electron chi connectivity index (χ4n) is 6.53. The molecule has 1 spiro atoms. The van der Waals surface area contributed by atoms with Gasteiger partial charge in [-0.1, -0.05) is 13.0 Å². The highest BCUT2D eigenvalue weighted by molar-refractivity contribution is 5.90. The van der Waals surface area contributed by atoms with E-state index >= 15 is 0 Å². The van der Waals surface area contributed by atoms with Gasteiger partial charge in [-0.15, -0.1) is 0 Å². The summed E-state index contributed by atoms with van der Waals surface area (Å²) >= 11 is 0. The Kier molecular flexibility index (Phi) is 3.59. The van der Waals surface area contributed by atoms with E-state index in [1.807, 2.05) is 6.07 Å². The predicted octanol–water partition coefficient (Wildman–Crippen LogP) is 2.14. The maximum Gasteiger partial charge on any atom is 0.311 e. The molecule has 29 heavy (non-hydrogen) atoms. The molecule has 1 saturated heterocycles. The van der Waals surface area contributed by atoms with Crippen LogP contribution in [0.25, 0.3) is 0 Å². The van der Waals surface area contributed by atoms with Crippen molar-refractivity contribution in [1.82, 2.24) is 4.90 Å². The van der Waals surface area contributed by atoms with Crippen molar-refractivity contribution >= 4 is 11.8 Å². The highest BCUT2D eigenvalue weighted by atomic mass is 16.6. The molecule has 2 heterocycles. The first-order valence-electron chi connectivity index (χ1n) is 11.0. The lowest BCUT2D eigenvalue weighted by Crippen LogP contribution is -2.76. The predicted molar refractivity (Wildman–Crippen MR) is 104 cm³/mol. The number of aliphatic hydroxyl groups is 1. The number of likely N-dealkylation sites (tertiary alicyclic amines) is 1. The van der Waals surface area contributed by atoms with E-state index in [0.717, 1.165) is 36.6 Å². The summed E-state index contributed by atoms with van der Waals surface area (Å²) in [6.45, 7) is 3.66. The molecule has 2 aliphatic heterocycles. The summed E-state index contributed by atoms with van der Waals surface area (Å²) in [7, 11) is 0. The molecule has 1 unspecified atom stereocenters. The molecule has 4 atom stereocenters. The molecular weight excluding hydrogens is 370 g/mol. The van der Waals surface area contributed by atoms with E-state index in [4.69, 9.17) is 9.47 Å². The topological polar surface area (TPSA) is 76.1 Å². The van der Waals surface area contributed by atoms with Gasteiger partial charge < -0.3 is 14.6 Å². The Balaban J connectivity index is 1.52. The number of ketones is 1. The van der Waals surface area contributed by atoms with E-state index in [0.29, 0.717) is 30.8 Å². The second-order valence-electron chi connectivity index (χ2n) is 9.52. The molecule has 3 fully saturated rings. The fraction of sp³-hybridized carbons (Fsp3) is 0.652. The van der Waals surface area contributed by atoms with Crippen molar-refractivity contribution in [1.29, 1.82) is 0 Å². The van der Waals surface area contributed by atoms with Gasteiger partial charge in [-0.25, -0.2) is 0 Å². The smallest absolute Gasteiger partial charge is 0.311 e. The molecule has 1 aromatic rings. The monoisotopic (exact) mass is 397 g/mol. The maximum atomic E-state index is 13.0. The first-order chi connectivity index (χ1) is 14.0. The summed E-state index contributed by atoms with van der Waals surface area (Å²) in [6.07, 6.45) is 4.43. The average molecular weight is 397 g/mol. The minimum absolute atomic E-state index is 0.0125. The van der Waals surface area contributed by atoms with E-state index in [2.05, 4.69) is 4.90 Å². The van der Waals surface area contributed by atoms with Gasteiger partial charge in [-0.2, -0.15) is 0 Å². The molecule has 0 radical (unpaired) electrons. The Morgan fingerprint density at radius 2 is 2.17 bits per heavy atom. The summed E-state index contributed by atoms with van der Waals surface area (Å²) in [6, 6.07) is 3.82. The second-order valence-corrected chi connectivity index (χ2v) is 9.52. The van der Waals surface area contributed by atoms with Crippen LogP contribution >= 0.6 is 0 Å². The van der Waals surface area contributed by atoms with Crippen LogP contribution in [0.15, 0.2) is 12.1 Å². The van der Waals surface area contributed by atoms with Crippen molar-refractivity contribution in [3.05, 3.63) is 23.3 Å². The van der Waals surface area contributed by atoms with Crippen molar-refractivity contribution in [3.8, 4) is 11.5 Å². The number of rotatable bonds is 4. The van der Waals surface area contributed by atoms with Crippen LogP contribution in [-0.4, -0.2) is 52.6 Å². The number of benzene rings is 1. The van der Waals surface area contributed by atoms with Crippen molar-refractivity contribution in [3.63, 3.8) is 0 Å². The molecule has 0 amide bonds. The molecule has 3 aliphatic carbocycles. The van der Waals surface area contributed by atoms with Gasteiger partial charge in [0.25, 0.3) is 0 Å². The van der Waals surface area contributed by atoms with Gasteiger partial charge in [0.15, 0.2) is 23.4 Å². The third-order valence-electron chi connectivity index (χ3n) is 8.06. The van der Waals surface area contributed by atoms with Gasteiger partial charge >= 0.3 is 5.97 Å². The highest BCUT2D eigenvalue weighted by Crippen LogP contribution is 2.65. The van der Waals surface area contributed by atoms with Gasteiger partial charge in [0.2, 0.25) is 0 Å². The zero-order chi connectivity index (χ0) is 20.0. The number of piperidine rings is 1. The Labute approximate surface area is 170 Å². The van der Waals surface area contributed by atoms with Crippen LogP contribution in [0.2, 0.25) is 0 Å². The lowest BCUT2D eigenvalue weighted by molar-refractivity contribution is -0.188. The summed E-state index contributed by atoms with van der Waals surface area (Å²) in [4.78, 5) is 27.4. The minimum atomic E-state index is -0.982. The molecule has 154 valence electrons. The molecular formula is C23H27NO5. The molecule has 6 nitrogen and oxygen atoms in total. The quantitative estimate of drug-likeness (QED) is 0.620. The van der Waals surface area contributed by atoms with Crippen LogP contribution in [0, 0.1) is 5.92 Å². The van der Waals surface area contributed by atoms with E-state index in [9.17, 15) is 14.7 Å². The summed E-state index contributed by atoms with van der Waals surface area (Å²) < 4.78 is 11.8. The number of carbonyl (C=O) groups is 2. The number of hydrogen-bond donors (Lipinski definition) is 1. The van der Waals surface area contributed by atoms with Crippen molar-refractivity contribution < 1.29 is 24.2 Å². The Bertz CT molecular complexity index is 924. The lowest BCUT2D eigenvalue weighted by Gasteiger charge is -2.62. The Morgan fingerprint density at radius 3 is 2.93 bits per heavy atom. The number of Topliss-reactive ketones (excluding diaryl/α,β-unsaturated/α-hetero) is 1. The minimum Gasteiger partial charge on any atom is -0.477 e. The number of ether oxygens (including phenoxy) is 2. The molecule has 0 aromatic heterocycles. The van der Waals surface area contributed by atoms with Gasteiger partial charge in [-0.3, -0.25) is 14.5 Å². The summed E-state index contributed by atoms with van der Waals surface area (Å²) in [5, 5.41) is 12.2. The van der Waals surface area contributed by atoms with Gasteiger partial charge in [0.1, 0.15) is 0 Å². The van der Waals surface area contributed by atoms with Crippen LogP contribution < -0.4 is 9.47 Å². The van der Waals surface area contributed by atoms with Crippen LogP contribution in [-0.2, 0) is 21.4 Å². The van der Waals surface area contributed by atoms with Crippen LogP contribution in [0.3, 0.4) is 0 Å². The SMILES string of the molecule is CCC(=O)Oc1ccc2c3c1OC1C(=O)CC[C@@]4(O)[C@@H](C2)N(CC2CC2)CC[C@]314. The molecule has 2 saturated carbocycles. The van der Waals surface area contributed by atoms with E-state index in [1.165, 1.54) is 12.8 Å². The van der Waals surface area contributed by atoms with E-state index in [1.54, 1.807) is 13.0 Å². The number of hydrogen-bond acceptors (Lipinski definition) is 6. The maximum absolute atomic E-state index is 13.0. The van der Waals surface area contributed by atoms with Crippen LogP contribution in [0.1, 0.15) is 56.6 Å². The van der Waals surface area contributed by atoms with Gasteiger partial charge in [0.05, 0.1) is 11.0 Å². The fourth-order valence-corrected chi connectivity index (χ4v) is 6.53. The largest absolute Gasteiger partial charge is 0.477 e. The molecule has 6 heteroatoms. The summed E-state index contributed by atoms with van der Waals surface area (Å²) in [5.41, 5.74) is 0.361. The van der Waals surface area contributed by atoms with Gasteiger partial charge in [-0.05, 0) is 56.2 Å². The van der Waals surface area contributed by atoms with E-state index < -0.39 is 17.1 Å². The van der Waals surface area contributed by atoms with Crippen LogP contribution in [0.5, 0.6) is 11.5 Å². The van der Waals surface area contributed by atoms with Gasteiger partial charge in [0, 0.05) is 31.0 Å².